The van der Waals surface area contributed by atoms with Crippen LogP contribution in [0.15, 0.2) is 65.6 Å². The zero-order chi connectivity index (χ0) is 32.4. The molecule has 3 rings (SSSR count). The highest BCUT2D eigenvalue weighted by molar-refractivity contribution is 7.85. The lowest BCUT2D eigenvalue weighted by molar-refractivity contribution is -0.151. The van der Waals surface area contributed by atoms with E-state index in [0.717, 1.165) is 24.0 Å². The number of hydrazine groups is 1. The number of amides is 2. The average Bonchev–Trinajstić information content (AvgIpc) is 3.78. The summed E-state index contributed by atoms with van der Waals surface area (Å²) in [6.45, 7) is 7.25. The van der Waals surface area contributed by atoms with Gasteiger partial charge < -0.3 is 5.73 Å². The smallest absolute Gasteiger partial charge is 0.294 e. The molecule has 2 aromatic rings. The molecule has 1 aliphatic rings. The zero-order valence-corrected chi connectivity index (χ0v) is 25.9. The van der Waals surface area contributed by atoms with Crippen molar-refractivity contribution in [1.82, 2.24) is 10.9 Å². The van der Waals surface area contributed by atoms with E-state index in [2.05, 4.69) is 5.43 Å². The predicted molar refractivity (Wildman–Crippen MR) is 164 cm³/mol. The van der Waals surface area contributed by atoms with Crippen LogP contribution in [0.2, 0.25) is 0 Å². The summed E-state index contributed by atoms with van der Waals surface area (Å²) in [5.41, 5.74) is 10.3. The minimum atomic E-state index is -4.02. The molecular formula is C31H44N4O7S. The van der Waals surface area contributed by atoms with Crippen LogP contribution in [-0.2, 0) is 24.5 Å². The number of hydrogen-bond acceptors (Lipinski definition) is 8. The van der Waals surface area contributed by atoms with Crippen LogP contribution in [0.25, 0.3) is 6.08 Å². The van der Waals surface area contributed by atoms with Crippen LogP contribution >= 0.6 is 0 Å². The second kappa shape index (κ2) is 15.9. The van der Waals surface area contributed by atoms with Gasteiger partial charge in [0.25, 0.3) is 10.1 Å². The van der Waals surface area contributed by atoms with Crippen LogP contribution in [0, 0.1) is 36.0 Å². The average molecular weight is 617 g/mol. The highest BCUT2D eigenvalue weighted by Crippen LogP contribution is 2.49. The molecule has 0 radical (unpaired) electrons. The van der Waals surface area contributed by atoms with Crippen LogP contribution in [0.4, 0.5) is 0 Å². The normalized spacial score (nSPS) is 16.8. The maximum Gasteiger partial charge on any atom is 0.294 e. The van der Waals surface area contributed by atoms with Crippen molar-refractivity contribution in [2.45, 2.75) is 64.3 Å². The Hall–Kier alpha value is -3.42. The van der Waals surface area contributed by atoms with Crippen molar-refractivity contribution in [2.24, 2.45) is 40.7 Å². The van der Waals surface area contributed by atoms with Gasteiger partial charge in [-0.05, 0) is 56.2 Å². The Balaban J connectivity index is 0.000000490. The van der Waals surface area contributed by atoms with Gasteiger partial charge in [0.05, 0.1) is 28.2 Å². The van der Waals surface area contributed by atoms with Gasteiger partial charge in [-0.2, -0.15) is 8.42 Å². The van der Waals surface area contributed by atoms with Gasteiger partial charge >= 0.3 is 0 Å². The van der Waals surface area contributed by atoms with Crippen molar-refractivity contribution in [2.75, 3.05) is 0 Å². The molecule has 0 spiro atoms. The summed E-state index contributed by atoms with van der Waals surface area (Å²) < 4.78 is 29.6. The van der Waals surface area contributed by atoms with E-state index in [0.29, 0.717) is 12.8 Å². The maximum atomic E-state index is 13.7. The molecule has 1 aliphatic carbocycles. The lowest BCUT2D eigenvalue weighted by Crippen LogP contribution is -2.56. The Morgan fingerprint density at radius 1 is 1.02 bits per heavy atom. The molecule has 0 bridgehead atoms. The Labute approximate surface area is 253 Å². The zero-order valence-electron chi connectivity index (χ0n) is 25.1. The minimum Gasteiger partial charge on any atom is -0.322 e. The first-order valence-electron chi connectivity index (χ1n) is 14.2. The number of ketones is 1. The first-order chi connectivity index (χ1) is 20.2. The van der Waals surface area contributed by atoms with Crippen molar-refractivity contribution < 1.29 is 32.6 Å². The van der Waals surface area contributed by atoms with Crippen molar-refractivity contribution >= 4 is 33.8 Å². The Morgan fingerprint density at radius 3 is 2.05 bits per heavy atom. The molecule has 43 heavy (non-hydrogen) atoms. The molecule has 0 aromatic heterocycles. The van der Waals surface area contributed by atoms with Gasteiger partial charge in [-0.1, -0.05) is 86.9 Å². The second-order valence-electron chi connectivity index (χ2n) is 11.6. The molecule has 12 heteroatoms. The van der Waals surface area contributed by atoms with E-state index in [1.54, 1.807) is 36.7 Å². The fraction of sp³-hybridized carbons (Fsp3) is 0.452. The number of nitrogens with one attached hydrogen (secondary N) is 2. The van der Waals surface area contributed by atoms with E-state index in [9.17, 15) is 28.0 Å². The molecule has 8 N–H and O–H groups in total. The third-order valence-electron chi connectivity index (χ3n) is 7.44. The third kappa shape index (κ3) is 10.4. The summed E-state index contributed by atoms with van der Waals surface area (Å²) in [5.74, 6) is 1.91. The van der Waals surface area contributed by atoms with Crippen LogP contribution in [0.5, 0.6) is 0 Å². The summed E-state index contributed by atoms with van der Waals surface area (Å²) in [6.07, 6.45) is 6.02. The van der Waals surface area contributed by atoms with E-state index < -0.39 is 45.2 Å². The highest BCUT2D eigenvalue weighted by Gasteiger charge is 2.54. The minimum absolute atomic E-state index is 0.0356. The quantitative estimate of drug-likeness (QED) is 0.0641. The third-order valence-corrected chi connectivity index (χ3v) is 8.31. The molecule has 1 unspecified atom stereocenters. The standard InChI is InChI=1S/C24H36N4O4.C7H8O3S/c1-15(2)13-19(22(30)27-26)20(23(31)28-32)24(14-18-9-10-18,21(29)16(3)25)12-11-17-7-5-4-6-8-17;1-6-2-4-7(5-3-6)11(8,9)10/h4-8,11-12,15-16,18-20,32H,9-10,13-14,25-26H2,1-3H3,(H,27,30)(H,28,31);2-5H,1H3,(H,8,9,10)/b12-11+;/t16-,19-,20-,24?;/m1./s1. The lowest BCUT2D eigenvalue weighted by atomic mass is 9.60. The molecule has 2 aromatic carbocycles. The predicted octanol–water partition coefficient (Wildman–Crippen LogP) is 3.42. The summed E-state index contributed by atoms with van der Waals surface area (Å²) >= 11 is 0. The number of carbonyl (C=O) groups excluding carboxylic acids is 3. The monoisotopic (exact) mass is 616 g/mol. The van der Waals surface area contributed by atoms with E-state index in [1.165, 1.54) is 12.1 Å². The van der Waals surface area contributed by atoms with E-state index in [-0.39, 0.29) is 22.5 Å². The van der Waals surface area contributed by atoms with Gasteiger partial charge in [0.1, 0.15) is 0 Å². The summed E-state index contributed by atoms with van der Waals surface area (Å²) in [7, 11) is -4.02. The molecule has 1 saturated carbocycles. The fourth-order valence-corrected chi connectivity index (χ4v) is 5.71. The number of hydroxylamine groups is 1. The molecule has 11 nitrogen and oxygen atoms in total. The number of allylic oxidation sites excluding steroid dienone is 1. The number of benzene rings is 2. The van der Waals surface area contributed by atoms with Gasteiger partial charge in [0, 0.05) is 0 Å². The van der Waals surface area contributed by atoms with Crippen LogP contribution < -0.4 is 22.5 Å². The number of carbonyl (C=O) groups is 3. The Morgan fingerprint density at radius 2 is 1.60 bits per heavy atom. The highest BCUT2D eigenvalue weighted by atomic mass is 32.2. The van der Waals surface area contributed by atoms with Crippen molar-refractivity contribution in [1.29, 1.82) is 0 Å². The van der Waals surface area contributed by atoms with Crippen LogP contribution in [-0.4, -0.2) is 41.8 Å². The number of rotatable bonds is 13. The SMILES string of the molecule is CC(C)C[C@@H](C(=O)NN)[C@H](C(=O)NO)C(/C=C/c1ccccc1)(CC1CC1)C(=O)[C@@H](C)N.Cc1ccc(S(=O)(=O)O)cc1. The first-order valence-corrected chi connectivity index (χ1v) is 15.6. The molecular weight excluding hydrogens is 572 g/mol. The molecule has 0 saturated heterocycles. The van der Waals surface area contributed by atoms with Crippen molar-refractivity contribution in [3.63, 3.8) is 0 Å². The van der Waals surface area contributed by atoms with Crippen molar-refractivity contribution in [3.05, 3.63) is 71.8 Å². The van der Waals surface area contributed by atoms with E-state index in [4.69, 9.17) is 16.1 Å². The Kier molecular flexibility index (Phi) is 13.2. The molecule has 1 fully saturated rings. The number of nitrogens with two attached hydrogens (primary N) is 2. The van der Waals surface area contributed by atoms with Crippen LogP contribution in [0.1, 0.15) is 57.6 Å². The maximum absolute atomic E-state index is 13.7. The topological polar surface area (TPSA) is 202 Å². The van der Waals surface area contributed by atoms with Gasteiger partial charge in [0.2, 0.25) is 11.8 Å². The second-order valence-corrected chi connectivity index (χ2v) is 13.0. The molecule has 0 heterocycles. The van der Waals surface area contributed by atoms with E-state index in [1.807, 2.05) is 51.1 Å². The molecule has 2 amide bonds. The molecule has 4 atom stereocenters. The lowest BCUT2D eigenvalue weighted by Gasteiger charge is -2.41. The number of hydrogen-bond donors (Lipinski definition) is 6. The van der Waals surface area contributed by atoms with Gasteiger partial charge in [0.15, 0.2) is 5.78 Å². The number of aryl methyl sites for hydroxylation is 1. The Bertz CT molecular complexity index is 1360. The molecule has 236 valence electrons. The molecule has 0 aliphatic heterocycles. The fourth-order valence-electron chi connectivity index (χ4n) is 5.23. The summed E-state index contributed by atoms with van der Waals surface area (Å²) in [6, 6.07) is 14.5. The van der Waals surface area contributed by atoms with Gasteiger partial charge in [-0.3, -0.25) is 29.6 Å². The summed E-state index contributed by atoms with van der Waals surface area (Å²) in [4.78, 5) is 39.6. The van der Waals surface area contributed by atoms with Gasteiger partial charge in [-0.15, -0.1) is 0 Å². The summed E-state index contributed by atoms with van der Waals surface area (Å²) in [5, 5.41) is 9.63. The largest absolute Gasteiger partial charge is 0.322 e. The number of Topliss-reactive ketones (excluding diaryl/α,β-unsaturated/α-hetero) is 1. The van der Waals surface area contributed by atoms with E-state index >= 15 is 0 Å². The van der Waals surface area contributed by atoms with Crippen LogP contribution in [0.3, 0.4) is 0 Å². The van der Waals surface area contributed by atoms with Gasteiger partial charge in [-0.25, -0.2) is 11.3 Å². The first kappa shape index (κ1) is 35.8. The van der Waals surface area contributed by atoms with Crippen molar-refractivity contribution in [3.8, 4) is 0 Å².